The molecule has 1 heterocycles. The molecule has 2 nitrogen and oxygen atoms in total. The molecular formula is C10H22N2. The fraction of sp³-hybridized carbons (Fsp3) is 1.00. The average molecular weight is 170 g/mol. The van der Waals surface area contributed by atoms with Crippen molar-refractivity contribution in [3.05, 3.63) is 0 Å². The summed E-state index contributed by atoms with van der Waals surface area (Å²) in [7, 11) is 0. The first kappa shape index (κ1) is 10.0. The van der Waals surface area contributed by atoms with Crippen LogP contribution in [0.1, 0.15) is 39.5 Å². The van der Waals surface area contributed by atoms with E-state index in [0.717, 1.165) is 6.54 Å². The van der Waals surface area contributed by atoms with Crippen LogP contribution in [0.2, 0.25) is 0 Å². The van der Waals surface area contributed by atoms with Gasteiger partial charge in [-0.15, -0.1) is 0 Å². The number of likely N-dealkylation sites (tertiary alicyclic amines) is 1. The molecule has 1 aliphatic rings. The molecule has 0 radical (unpaired) electrons. The van der Waals surface area contributed by atoms with Crippen LogP contribution in [-0.2, 0) is 0 Å². The Bertz CT molecular complexity index is 124. The molecule has 1 aliphatic heterocycles. The van der Waals surface area contributed by atoms with E-state index in [9.17, 15) is 0 Å². The van der Waals surface area contributed by atoms with Crippen LogP contribution in [0.5, 0.6) is 0 Å². The van der Waals surface area contributed by atoms with E-state index < -0.39 is 0 Å². The van der Waals surface area contributed by atoms with Crippen molar-refractivity contribution in [2.24, 2.45) is 5.73 Å². The molecule has 0 aliphatic carbocycles. The van der Waals surface area contributed by atoms with Gasteiger partial charge in [0.05, 0.1) is 0 Å². The fourth-order valence-corrected chi connectivity index (χ4v) is 1.93. The Morgan fingerprint density at radius 1 is 1.25 bits per heavy atom. The highest BCUT2D eigenvalue weighted by Gasteiger charge is 2.28. The van der Waals surface area contributed by atoms with Crippen molar-refractivity contribution in [2.75, 3.05) is 19.6 Å². The average Bonchev–Trinajstić information content (AvgIpc) is 2.18. The number of nitrogens with two attached hydrogens (primary N) is 1. The molecule has 1 saturated heterocycles. The third kappa shape index (κ3) is 1.99. The maximum absolute atomic E-state index is 5.81. The van der Waals surface area contributed by atoms with Gasteiger partial charge >= 0.3 is 0 Å². The van der Waals surface area contributed by atoms with Gasteiger partial charge in [0, 0.05) is 12.1 Å². The Hall–Kier alpha value is -0.0800. The van der Waals surface area contributed by atoms with Gasteiger partial charge in [-0.05, 0) is 39.3 Å². The zero-order valence-electron chi connectivity index (χ0n) is 8.47. The zero-order valence-corrected chi connectivity index (χ0v) is 8.47. The highest BCUT2D eigenvalue weighted by atomic mass is 15.2. The van der Waals surface area contributed by atoms with E-state index in [1.165, 1.54) is 38.8 Å². The summed E-state index contributed by atoms with van der Waals surface area (Å²) in [4.78, 5) is 2.57. The second-order valence-electron chi connectivity index (χ2n) is 4.10. The maximum Gasteiger partial charge on any atom is 0.0300 e. The predicted octanol–water partition coefficient (Wildman–Crippen LogP) is 1.60. The lowest BCUT2D eigenvalue weighted by atomic mass is 9.94. The van der Waals surface area contributed by atoms with Crippen LogP contribution in [-0.4, -0.2) is 30.1 Å². The Balaban J connectivity index is 2.51. The molecule has 0 amide bonds. The fourth-order valence-electron chi connectivity index (χ4n) is 1.93. The second kappa shape index (κ2) is 4.24. The third-order valence-corrected chi connectivity index (χ3v) is 3.32. The van der Waals surface area contributed by atoms with E-state index in [-0.39, 0.29) is 5.54 Å². The van der Waals surface area contributed by atoms with Crippen molar-refractivity contribution in [3.8, 4) is 0 Å². The SMILES string of the molecule is CCC(C)(CN)N1CCCCC1. The van der Waals surface area contributed by atoms with Crippen LogP contribution in [0.3, 0.4) is 0 Å². The molecule has 1 rings (SSSR count). The van der Waals surface area contributed by atoms with Crippen LogP contribution in [0.4, 0.5) is 0 Å². The topological polar surface area (TPSA) is 29.3 Å². The van der Waals surface area contributed by atoms with Gasteiger partial charge in [0.1, 0.15) is 0 Å². The summed E-state index contributed by atoms with van der Waals surface area (Å²) in [6.07, 6.45) is 5.29. The first-order valence-corrected chi connectivity index (χ1v) is 5.18. The van der Waals surface area contributed by atoms with Gasteiger partial charge in [-0.3, -0.25) is 4.90 Å². The molecule has 0 saturated carbocycles. The highest BCUT2D eigenvalue weighted by molar-refractivity contribution is 4.87. The molecule has 1 fully saturated rings. The van der Waals surface area contributed by atoms with E-state index >= 15 is 0 Å². The number of hydrogen-bond acceptors (Lipinski definition) is 2. The summed E-state index contributed by atoms with van der Waals surface area (Å²) in [6.45, 7) is 7.83. The Kier molecular flexibility index (Phi) is 3.53. The van der Waals surface area contributed by atoms with Gasteiger partial charge in [-0.25, -0.2) is 0 Å². The third-order valence-electron chi connectivity index (χ3n) is 3.32. The van der Waals surface area contributed by atoms with Gasteiger partial charge < -0.3 is 5.73 Å². The normalized spacial score (nSPS) is 25.2. The van der Waals surface area contributed by atoms with Crippen molar-refractivity contribution >= 4 is 0 Å². The Morgan fingerprint density at radius 3 is 2.25 bits per heavy atom. The summed E-state index contributed by atoms with van der Waals surface area (Å²) in [5.41, 5.74) is 6.07. The van der Waals surface area contributed by atoms with E-state index in [4.69, 9.17) is 5.73 Å². The zero-order chi connectivity index (χ0) is 9.03. The molecule has 72 valence electrons. The smallest absolute Gasteiger partial charge is 0.0300 e. The van der Waals surface area contributed by atoms with Crippen LogP contribution in [0.25, 0.3) is 0 Å². The molecular weight excluding hydrogens is 148 g/mol. The summed E-state index contributed by atoms with van der Waals surface area (Å²) >= 11 is 0. The van der Waals surface area contributed by atoms with Crippen LogP contribution in [0, 0.1) is 0 Å². The van der Waals surface area contributed by atoms with Gasteiger partial charge in [0.25, 0.3) is 0 Å². The monoisotopic (exact) mass is 170 g/mol. The van der Waals surface area contributed by atoms with E-state index in [1.807, 2.05) is 0 Å². The van der Waals surface area contributed by atoms with Gasteiger partial charge in [0.15, 0.2) is 0 Å². The Labute approximate surface area is 76.1 Å². The summed E-state index contributed by atoms with van der Waals surface area (Å²) < 4.78 is 0. The number of nitrogens with zero attached hydrogens (tertiary/aromatic N) is 1. The summed E-state index contributed by atoms with van der Waals surface area (Å²) in [6, 6.07) is 0. The molecule has 2 N–H and O–H groups in total. The van der Waals surface area contributed by atoms with Gasteiger partial charge in [-0.2, -0.15) is 0 Å². The molecule has 12 heavy (non-hydrogen) atoms. The van der Waals surface area contributed by atoms with Gasteiger partial charge in [0.2, 0.25) is 0 Å². The van der Waals surface area contributed by atoms with Crippen molar-refractivity contribution in [3.63, 3.8) is 0 Å². The standard InChI is InChI=1S/C10H22N2/c1-3-10(2,9-11)12-7-5-4-6-8-12/h3-9,11H2,1-2H3. The molecule has 2 heteroatoms. The van der Waals surface area contributed by atoms with Gasteiger partial charge in [-0.1, -0.05) is 13.3 Å². The van der Waals surface area contributed by atoms with E-state index in [0.29, 0.717) is 0 Å². The minimum atomic E-state index is 0.264. The number of rotatable bonds is 3. The first-order valence-electron chi connectivity index (χ1n) is 5.18. The van der Waals surface area contributed by atoms with Crippen molar-refractivity contribution in [1.29, 1.82) is 0 Å². The van der Waals surface area contributed by atoms with Crippen LogP contribution >= 0.6 is 0 Å². The minimum absolute atomic E-state index is 0.264. The number of hydrogen-bond donors (Lipinski definition) is 1. The molecule has 1 unspecified atom stereocenters. The maximum atomic E-state index is 5.81. The molecule has 0 aromatic heterocycles. The minimum Gasteiger partial charge on any atom is -0.329 e. The van der Waals surface area contributed by atoms with Crippen molar-refractivity contribution in [2.45, 2.75) is 45.1 Å². The predicted molar refractivity (Wildman–Crippen MR) is 53.2 cm³/mol. The van der Waals surface area contributed by atoms with Crippen LogP contribution in [0.15, 0.2) is 0 Å². The lowest BCUT2D eigenvalue weighted by molar-refractivity contribution is 0.0836. The number of piperidine rings is 1. The van der Waals surface area contributed by atoms with E-state index in [1.54, 1.807) is 0 Å². The Morgan fingerprint density at radius 2 is 1.83 bits per heavy atom. The lowest BCUT2D eigenvalue weighted by Crippen LogP contribution is -2.53. The molecule has 0 spiro atoms. The summed E-state index contributed by atoms with van der Waals surface area (Å²) in [5.74, 6) is 0. The second-order valence-corrected chi connectivity index (χ2v) is 4.10. The van der Waals surface area contributed by atoms with Crippen LogP contribution < -0.4 is 5.73 Å². The summed E-state index contributed by atoms with van der Waals surface area (Å²) in [5, 5.41) is 0. The quantitative estimate of drug-likeness (QED) is 0.697. The van der Waals surface area contributed by atoms with Crippen molar-refractivity contribution in [1.82, 2.24) is 4.90 Å². The van der Waals surface area contributed by atoms with Crippen molar-refractivity contribution < 1.29 is 0 Å². The molecule has 0 aromatic carbocycles. The first-order chi connectivity index (χ1) is 5.73. The molecule has 0 bridgehead atoms. The highest BCUT2D eigenvalue weighted by Crippen LogP contribution is 2.22. The lowest BCUT2D eigenvalue weighted by Gasteiger charge is -2.42. The largest absolute Gasteiger partial charge is 0.329 e. The van der Waals surface area contributed by atoms with E-state index in [2.05, 4.69) is 18.7 Å². The molecule has 0 aromatic rings. The molecule has 1 atom stereocenters.